The van der Waals surface area contributed by atoms with Crippen molar-refractivity contribution in [1.82, 2.24) is 0 Å². The predicted molar refractivity (Wildman–Crippen MR) is 76.8 cm³/mol. The number of anilines is 2. The number of nitro groups is 1. The van der Waals surface area contributed by atoms with Crippen molar-refractivity contribution >= 4 is 17.3 Å². The molecule has 0 aliphatic rings. The van der Waals surface area contributed by atoms with Crippen LogP contribution in [-0.4, -0.2) is 31.1 Å². The molecule has 0 spiro atoms. The summed E-state index contributed by atoms with van der Waals surface area (Å²) in [5.74, 6) is 1.50. The van der Waals surface area contributed by atoms with Gasteiger partial charge >= 0.3 is 11.5 Å². The van der Waals surface area contributed by atoms with E-state index in [0.717, 1.165) is 32.0 Å². The quantitative estimate of drug-likeness (QED) is 0.560. The normalized spacial score (nSPS) is 10.3. The van der Waals surface area contributed by atoms with Crippen LogP contribution in [-0.2, 0) is 0 Å². The highest BCUT2D eigenvalue weighted by atomic mass is 16.6. The summed E-state index contributed by atoms with van der Waals surface area (Å²) in [7, 11) is 0. The zero-order valence-corrected chi connectivity index (χ0v) is 12.1. The molecule has 0 radical (unpaired) electrons. The number of rotatable bonds is 7. The van der Waals surface area contributed by atoms with Crippen LogP contribution in [0.5, 0.6) is 0 Å². The molecular formula is C13H23N4O2+. The fourth-order valence-electron chi connectivity index (χ4n) is 2.14. The van der Waals surface area contributed by atoms with Gasteiger partial charge in [0.2, 0.25) is 5.82 Å². The maximum atomic E-state index is 11.1. The summed E-state index contributed by atoms with van der Waals surface area (Å²) in [6.07, 6.45) is 0. The molecule has 0 saturated carbocycles. The fraction of sp³-hybridized carbons (Fsp3) is 0.615. The molecule has 0 atom stereocenters. The second-order valence-electron chi connectivity index (χ2n) is 4.18. The predicted octanol–water partition coefficient (Wildman–Crippen LogP) is 2.10. The SMILES string of the molecule is CCN(CC)c1ccc([N+](=O)[O-])c(N(CC)CC)[nH+]1. The topological polar surface area (TPSA) is 63.8 Å². The van der Waals surface area contributed by atoms with Crippen molar-refractivity contribution in [2.45, 2.75) is 27.7 Å². The van der Waals surface area contributed by atoms with Crippen LogP contribution in [0, 0.1) is 10.1 Å². The van der Waals surface area contributed by atoms with Crippen molar-refractivity contribution in [2.24, 2.45) is 0 Å². The lowest BCUT2D eigenvalue weighted by molar-refractivity contribution is -0.406. The molecule has 0 fully saturated rings. The maximum Gasteiger partial charge on any atom is 0.341 e. The molecular weight excluding hydrogens is 244 g/mol. The minimum absolute atomic E-state index is 0.125. The Kier molecular flexibility index (Phi) is 5.54. The molecule has 6 heteroatoms. The molecule has 1 N–H and O–H groups in total. The monoisotopic (exact) mass is 267 g/mol. The van der Waals surface area contributed by atoms with E-state index in [1.54, 1.807) is 12.1 Å². The molecule has 1 heterocycles. The van der Waals surface area contributed by atoms with Gasteiger partial charge in [0.25, 0.3) is 0 Å². The molecule has 0 saturated heterocycles. The Hall–Kier alpha value is -1.85. The number of nitrogens with zero attached hydrogens (tertiary/aromatic N) is 3. The van der Waals surface area contributed by atoms with Crippen molar-refractivity contribution in [3.05, 3.63) is 22.2 Å². The van der Waals surface area contributed by atoms with Gasteiger partial charge in [-0.1, -0.05) is 0 Å². The van der Waals surface area contributed by atoms with Crippen LogP contribution in [0.2, 0.25) is 0 Å². The Morgan fingerprint density at radius 2 is 1.58 bits per heavy atom. The lowest BCUT2D eigenvalue weighted by atomic mass is 10.3. The number of aromatic amines is 1. The first-order valence-electron chi connectivity index (χ1n) is 6.79. The second kappa shape index (κ2) is 6.92. The van der Waals surface area contributed by atoms with Gasteiger partial charge in [-0.15, -0.1) is 0 Å². The molecule has 1 aromatic heterocycles. The summed E-state index contributed by atoms with van der Waals surface area (Å²) >= 11 is 0. The number of hydrogen-bond donors (Lipinski definition) is 0. The van der Waals surface area contributed by atoms with E-state index in [1.807, 2.05) is 18.7 Å². The number of hydrogen-bond acceptors (Lipinski definition) is 4. The Balaban J connectivity index is 3.28. The first-order chi connectivity index (χ1) is 9.08. The molecule has 0 aliphatic heterocycles. The molecule has 1 aromatic rings. The van der Waals surface area contributed by atoms with E-state index in [-0.39, 0.29) is 10.6 Å². The largest absolute Gasteiger partial charge is 0.341 e. The summed E-state index contributed by atoms with van der Waals surface area (Å²) < 4.78 is 0. The van der Waals surface area contributed by atoms with Crippen LogP contribution >= 0.6 is 0 Å². The van der Waals surface area contributed by atoms with Crippen molar-refractivity contribution < 1.29 is 9.91 Å². The first kappa shape index (κ1) is 15.2. The lowest BCUT2D eigenvalue weighted by Crippen LogP contribution is -2.34. The van der Waals surface area contributed by atoms with E-state index in [2.05, 4.69) is 23.7 Å². The minimum Gasteiger partial charge on any atom is -0.293 e. The summed E-state index contributed by atoms with van der Waals surface area (Å²) in [4.78, 5) is 18.1. The Morgan fingerprint density at radius 3 is 2.00 bits per heavy atom. The highest BCUT2D eigenvalue weighted by molar-refractivity contribution is 5.56. The standard InChI is InChI=1S/C13H22N4O2/c1-5-15(6-2)12-10-9-11(17(18)19)13(14-12)16(7-3)8-4/h9-10H,5-8H2,1-4H3/p+1. The smallest absolute Gasteiger partial charge is 0.293 e. The highest BCUT2D eigenvalue weighted by Gasteiger charge is 2.25. The van der Waals surface area contributed by atoms with Crippen molar-refractivity contribution in [1.29, 1.82) is 0 Å². The summed E-state index contributed by atoms with van der Waals surface area (Å²) in [5.41, 5.74) is 0.125. The van der Waals surface area contributed by atoms with Gasteiger partial charge in [0.1, 0.15) is 0 Å². The van der Waals surface area contributed by atoms with Gasteiger partial charge in [-0.2, -0.15) is 0 Å². The van der Waals surface area contributed by atoms with E-state index >= 15 is 0 Å². The second-order valence-corrected chi connectivity index (χ2v) is 4.18. The van der Waals surface area contributed by atoms with Crippen LogP contribution in [0.1, 0.15) is 27.7 Å². The number of pyridine rings is 1. The van der Waals surface area contributed by atoms with E-state index in [0.29, 0.717) is 5.82 Å². The molecule has 0 bridgehead atoms. The van der Waals surface area contributed by atoms with E-state index in [9.17, 15) is 10.1 Å². The summed E-state index contributed by atoms with van der Waals surface area (Å²) in [5, 5.41) is 11.1. The zero-order chi connectivity index (χ0) is 14.4. The van der Waals surface area contributed by atoms with Crippen LogP contribution in [0.4, 0.5) is 17.3 Å². The molecule has 0 unspecified atom stereocenters. The van der Waals surface area contributed by atoms with Gasteiger partial charge in [-0.3, -0.25) is 19.9 Å². The number of nitrogens with one attached hydrogen (secondary N) is 1. The van der Waals surface area contributed by atoms with Gasteiger partial charge < -0.3 is 0 Å². The Labute approximate surface area is 114 Å². The van der Waals surface area contributed by atoms with E-state index in [1.165, 1.54) is 0 Å². The molecule has 0 aromatic carbocycles. The third-order valence-corrected chi connectivity index (χ3v) is 3.27. The van der Waals surface area contributed by atoms with Gasteiger partial charge in [-0.05, 0) is 27.7 Å². The van der Waals surface area contributed by atoms with Crippen LogP contribution in [0.25, 0.3) is 0 Å². The lowest BCUT2D eigenvalue weighted by Gasteiger charge is -2.19. The molecule has 19 heavy (non-hydrogen) atoms. The maximum absolute atomic E-state index is 11.1. The molecule has 0 amide bonds. The van der Waals surface area contributed by atoms with Crippen LogP contribution in [0.15, 0.2) is 12.1 Å². The van der Waals surface area contributed by atoms with Crippen LogP contribution < -0.4 is 14.8 Å². The average Bonchev–Trinajstić information content (AvgIpc) is 2.41. The third-order valence-electron chi connectivity index (χ3n) is 3.27. The Morgan fingerprint density at radius 1 is 1.05 bits per heavy atom. The van der Waals surface area contributed by atoms with Gasteiger partial charge in [0.15, 0.2) is 0 Å². The summed E-state index contributed by atoms with van der Waals surface area (Å²) in [6, 6.07) is 3.36. The van der Waals surface area contributed by atoms with E-state index < -0.39 is 0 Å². The average molecular weight is 267 g/mol. The van der Waals surface area contributed by atoms with Crippen molar-refractivity contribution in [3.8, 4) is 0 Å². The van der Waals surface area contributed by atoms with E-state index in [4.69, 9.17) is 0 Å². The molecule has 1 rings (SSSR count). The van der Waals surface area contributed by atoms with Crippen molar-refractivity contribution in [3.63, 3.8) is 0 Å². The van der Waals surface area contributed by atoms with Crippen LogP contribution in [0.3, 0.4) is 0 Å². The number of aromatic nitrogens is 1. The molecule has 6 nitrogen and oxygen atoms in total. The molecule has 106 valence electrons. The van der Waals surface area contributed by atoms with Gasteiger partial charge in [0, 0.05) is 12.1 Å². The van der Waals surface area contributed by atoms with Gasteiger partial charge in [-0.25, -0.2) is 4.98 Å². The highest BCUT2D eigenvalue weighted by Crippen LogP contribution is 2.25. The fourth-order valence-corrected chi connectivity index (χ4v) is 2.14. The number of H-pyrrole nitrogens is 1. The summed E-state index contributed by atoms with van der Waals surface area (Å²) in [6.45, 7) is 11.3. The zero-order valence-electron chi connectivity index (χ0n) is 12.1. The minimum atomic E-state index is -0.337. The molecule has 0 aliphatic carbocycles. The third kappa shape index (κ3) is 3.33. The van der Waals surface area contributed by atoms with Crippen molar-refractivity contribution in [2.75, 3.05) is 36.0 Å². The first-order valence-corrected chi connectivity index (χ1v) is 6.79. The van der Waals surface area contributed by atoms with Gasteiger partial charge in [0.05, 0.1) is 31.1 Å². The Bertz CT molecular complexity index is 429.